The van der Waals surface area contributed by atoms with Crippen LogP contribution in [0.2, 0.25) is 0 Å². The van der Waals surface area contributed by atoms with Crippen molar-refractivity contribution >= 4 is 0 Å². The van der Waals surface area contributed by atoms with Crippen molar-refractivity contribution in [1.29, 1.82) is 0 Å². The summed E-state index contributed by atoms with van der Waals surface area (Å²) in [6.45, 7) is 4.60. The molecule has 0 aromatic rings. The average molecular weight is 250 g/mol. The highest BCUT2D eigenvalue weighted by Crippen LogP contribution is 2.61. The van der Waals surface area contributed by atoms with Crippen LogP contribution in [0.4, 0.5) is 0 Å². The maximum Gasteiger partial charge on any atom is 0.0948 e. The molecule has 0 bridgehead atoms. The van der Waals surface area contributed by atoms with E-state index in [1.54, 1.807) is 0 Å². The van der Waals surface area contributed by atoms with Gasteiger partial charge in [-0.3, -0.25) is 0 Å². The first-order valence-corrected chi connectivity index (χ1v) is 8.10. The summed E-state index contributed by atoms with van der Waals surface area (Å²) in [5.41, 5.74) is 0.592. The minimum Gasteiger partial charge on any atom is -0.366 e. The van der Waals surface area contributed by atoms with Crippen molar-refractivity contribution in [2.24, 2.45) is 11.8 Å². The Morgan fingerprint density at radius 1 is 0.833 bits per heavy atom. The van der Waals surface area contributed by atoms with E-state index in [0.29, 0.717) is 23.4 Å². The lowest BCUT2D eigenvalue weighted by atomic mass is 9.67. The molecule has 0 N–H and O–H groups in total. The van der Waals surface area contributed by atoms with Crippen molar-refractivity contribution in [3.05, 3.63) is 0 Å². The molecule has 4 rings (SSSR count). The number of fused-ring (bicyclic) bond motifs is 2. The summed E-state index contributed by atoms with van der Waals surface area (Å²) in [6.07, 6.45) is 11.7. The Bertz CT molecular complexity index is 321. The van der Waals surface area contributed by atoms with E-state index in [4.69, 9.17) is 9.47 Å². The molecule has 6 unspecified atom stereocenters. The minimum atomic E-state index is 0.296. The summed E-state index contributed by atoms with van der Waals surface area (Å²) < 4.78 is 12.3. The minimum absolute atomic E-state index is 0.296. The van der Waals surface area contributed by atoms with Crippen LogP contribution in [0.25, 0.3) is 0 Å². The SMILES string of the molecule is CCC12CCCC(C3CCCC4(CC)OC34)C1O2. The lowest BCUT2D eigenvalue weighted by Crippen LogP contribution is -2.37. The van der Waals surface area contributed by atoms with Gasteiger partial charge in [0.15, 0.2) is 0 Å². The van der Waals surface area contributed by atoms with Crippen LogP contribution in [0, 0.1) is 11.8 Å². The third-order valence-corrected chi connectivity index (χ3v) is 6.45. The number of rotatable bonds is 3. The standard InChI is InChI=1S/C16H26O2/c1-3-15-9-5-7-11(13(15)17-15)12-8-6-10-16(4-2)14(12)18-16/h11-14H,3-10H2,1-2H3. The molecule has 0 aromatic heterocycles. The quantitative estimate of drug-likeness (QED) is 0.714. The molecule has 2 nitrogen and oxygen atoms in total. The molecule has 2 saturated heterocycles. The van der Waals surface area contributed by atoms with Gasteiger partial charge in [0.05, 0.1) is 23.4 Å². The van der Waals surface area contributed by atoms with E-state index >= 15 is 0 Å². The molecule has 4 fully saturated rings. The van der Waals surface area contributed by atoms with Gasteiger partial charge in [-0.15, -0.1) is 0 Å². The molecule has 2 heterocycles. The van der Waals surface area contributed by atoms with Crippen LogP contribution in [0.5, 0.6) is 0 Å². The maximum atomic E-state index is 6.16. The Balaban J connectivity index is 1.51. The monoisotopic (exact) mass is 250 g/mol. The van der Waals surface area contributed by atoms with E-state index < -0.39 is 0 Å². The van der Waals surface area contributed by atoms with Crippen LogP contribution in [0.15, 0.2) is 0 Å². The molecule has 6 atom stereocenters. The van der Waals surface area contributed by atoms with Gasteiger partial charge in [-0.2, -0.15) is 0 Å². The molecule has 4 aliphatic rings. The summed E-state index contributed by atoms with van der Waals surface area (Å²) in [5, 5.41) is 0. The lowest BCUT2D eigenvalue weighted by Gasteiger charge is -2.33. The predicted molar refractivity (Wildman–Crippen MR) is 70.5 cm³/mol. The third-order valence-electron chi connectivity index (χ3n) is 6.45. The summed E-state index contributed by atoms with van der Waals surface area (Å²) in [7, 11) is 0. The molecule has 2 saturated carbocycles. The highest BCUT2D eigenvalue weighted by atomic mass is 16.6. The van der Waals surface area contributed by atoms with Crippen LogP contribution in [0.3, 0.4) is 0 Å². The normalized spacial score (nSPS) is 57.7. The second kappa shape index (κ2) is 3.73. The van der Waals surface area contributed by atoms with E-state index in [2.05, 4.69) is 13.8 Å². The third kappa shape index (κ3) is 1.42. The van der Waals surface area contributed by atoms with E-state index in [-0.39, 0.29) is 0 Å². The van der Waals surface area contributed by atoms with Crippen LogP contribution in [-0.2, 0) is 9.47 Å². The molecular formula is C16H26O2. The smallest absolute Gasteiger partial charge is 0.0948 e. The van der Waals surface area contributed by atoms with Crippen molar-refractivity contribution in [1.82, 2.24) is 0 Å². The Morgan fingerprint density at radius 2 is 1.28 bits per heavy atom. The molecule has 0 spiro atoms. The summed E-state index contributed by atoms with van der Waals surface area (Å²) in [4.78, 5) is 0. The fourth-order valence-electron chi connectivity index (χ4n) is 5.17. The van der Waals surface area contributed by atoms with Gasteiger partial charge in [-0.05, 0) is 50.4 Å². The van der Waals surface area contributed by atoms with E-state index in [0.717, 1.165) is 11.8 Å². The fraction of sp³-hybridized carbons (Fsp3) is 1.00. The van der Waals surface area contributed by atoms with Crippen molar-refractivity contribution in [3.8, 4) is 0 Å². The van der Waals surface area contributed by atoms with Gasteiger partial charge < -0.3 is 9.47 Å². The molecule has 0 radical (unpaired) electrons. The van der Waals surface area contributed by atoms with Gasteiger partial charge in [0.1, 0.15) is 0 Å². The molecule has 18 heavy (non-hydrogen) atoms. The Hall–Kier alpha value is -0.0800. The van der Waals surface area contributed by atoms with Crippen molar-refractivity contribution in [3.63, 3.8) is 0 Å². The van der Waals surface area contributed by atoms with Gasteiger partial charge in [0.25, 0.3) is 0 Å². The molecule has 2 aliphatic heterocycles. The first kappa shape index (κ1) is 11.7. The fourth-order valence-corrected chi connectivity index (χ4v) is 5.17. The topological polar surface area (TPSA) is 25.1 Å². The van der Waals surface area contributed by atoms with Crippen molar-refractivity contribution < 1.29 is 9.47 Å². The van der Waals surface area contributed by atoms with Gasteiger partial charge in [0.2, 0.25) is 0 Å². The van der Waals surface area contributed by atoms with Crippen LogP contribution in [0.1, 0.15) is 65.2 Å². The van der Waals surface area contributed by atoms with Crippen LogP contribution >= 0.6 is 0 Å². The molecule has 2 aliphatic carbocycles. The molecular weight excluding hydrogens is 224 g/mol. The van der Waals surface area contributed by atoms with Crippen molar-refractivity contribution in [2.75, 3.05) is 0 Å². The summed E-state index contributed by atoms with van der Waals surface area (Å²) in [6, 6.07) is 0. The van der Waals surface area contributed by atoms with Gasteiger partial charge in [0, 0.05) is 0 Å². The highest BCUT2D eigenvalue weighted by Gasteiger charge is 2.67. The lowest BCUT2D eigenvalue weighted by molar-refractivity contribution is 0.179. The Morgan fingerprint density at radius 3 is 1.67 bits per heavy atom. The molecule has 102 valence electrons. The van der Waals surface area contributed by atoms with Gasteiger partial charge in [-0.25, -0.2) is 0 Å². The summed E-state index contributed by atoms with van der Waals surface area (Å²) >= 11 is 0. The molecule has 2 heteroatoms. The van der Waals surface area contributed by atoms with Gasteiger partial charge in [-0.1, -0.05) is 26.7 Å². The first-order valence-electron chi connectivity index (χ1n) is 8.10. The number of ether oxygens (including phenoxy) is 2. The zero-order valence-corrected chi connectivity index (χ0v) is 11.8. The zero-order valence-electron chi connectivity index (χ0n) is 11.8. The van der Waals surface area contributed by atoms with Crippen LogP contribution in [-0.4, -0.2) is 23.4 Å². The van der Waals surface area contributed by atoms with E-state index in [1.165, 1.54) is 51.4 Å². The number of hydrogen-bond acceptors (Lipinski definition) is 2. The largest absolute Gasteiger partial charge is 0.366 e. The van der Waals surface area contributed by atoms with E-state index in [1.807, 2.05) is 0 Å². The number of epoxide rings is 2. The van der Waals surface area contributed by atoms with Gasteiger partial charge >= 0.3 is 0 Å². The molecule has 0 amide bonds. The Labute approximate surface area is 110 Å². The van der Waals surface area contributed by atoms with Crippen molar-refractivity contribution in [2.45, 2.75) is 88.6 Å². The first-order chi connectivity index (χ1) is 8.75. The number of hydrogen-bond donors (Lipinski definition) is 0. The highest BCUT2D eigenvalue weighted by molar-refractivity contribution is 5.15. The Kier molecular flexibility index (Phi) is 2.43. The predicted octanol–water partition coefficient (Wildman–Crippen LogP) is 3.68. The maximum absolute atomic E-state index is 6.16. The second-order valence-corrected chi connectivity index (χ2v) is 7.03. The summed E-state index contributed by atoms with van der Waals surface area (Å²) in [5.74, 6) is 1.61. The van der Waals surface area contributed by atoms with E-state index in [9.17, 15) is 0 Å². The zero-order chi connectivity index (χ0) is 12.4. The van der Waals surface area contributed by atoms with Crippen LogP contribution < -0.4 is 0 Å². The molecule has 0 aromatic carbocycles. The second-order valence-electron chi connectivity index (χ2n) is 7.03. The average Bonchev–Trinajstić information content (AvgIpc) is 3.29.